The predicted octanol–water partition coefficient (Wildman–Crippen LogP) is 4.93. The maximum Gasteiger partial charge on any atom is 0.331 e. The minimum absolute atomic E-state index is 0.119. The van der Waals surface area contributed by atoms with E-state index in [0.717, 1.165) is 56.0 Å². The molecule has 0 saturated carbocycles. The van der Waals surface area contributed by atoms with Gasteiger partial charge in [0.1, 0.15) is 0 Å². The summed E-state index contributed by atoms with van der Waals surface area (Å²) in [6.45, 7) is 8.86. The molecule has 0 aromatic carbocycles. The van der Waals surface area contributed by atoms with Crippen molar-refractivity contribution in [1.29, 1.82) is 0 Å². The quantitative estimate of drug-likeness (QED) is 0.154. The highest BCUT2D eigenvalue weighted by Crippen LogP contribution is 2.28. The fourth-order valence-corrected chi connectivity index (χ4v) is 7.54. The van der Waals surface area contributed by atoms with E-state index in [4.69, 9.17) is 13.9 Å². The predicted molar refractivity (Wildman–Crippen MR) is 112 cm³/mol. The van der Waals surface area contributed by atoms with Crippen LogP contribution in [0.25, 0.3) is 0 Å². The molecule has 0 amide bonds. The summed E-state index contributed by atoms with van der Waals surface area (Å²) in [7, 11) is -1.96. The third-order valence-corrected chi connectivity index (χ3v) is 9.17. The Kier molecular flexibility index (Phi) is 15.4. The van der Waals surface area contributed by atoms with Gasteiger partial charge in [-0.05, 0) is 37.4 Å². The lowest BCUT2D eigenvalue weighted by molar-refractivity contribution is -0.140. The first kappa shape index (κ1) is 26.4. The molecule has 0 saturated heterocycles. The van der Waals surface area contributed by atoms with E-state index in [2.05, 4.69) is 20.8 Å². The standard InChI is InChI=1S/C21H38O6Si/c1-5-14-25-19(22)12-13-20(23)26-15-10-9-11-21(24)27-28(16-6-2,17-7-3)18-8-4/h12-13H,5-11,14-18H2,1-4H3/b13-12-. The SMILES string of the molecule is CCCOC(=O)/C=C\C(=O)OCCCCC(=O)O[Si](CCC)(CCC)CCC. The van der Waals surface area contributed by atoms with Gasteiger partial charge in [0.25, 0.3) is 14.3 Å². The summed E-state index contributed by atoms with van der Waals surface area (Å²) >= 11 is 0. The first-order chi connectivity index (χ1) is 13.4. The van der Waals surface area contributed by atoms with E-state index in [0.29, 0.717) is 25.9 Å². The van der Waals surface area contributed by atoms with Gasteiger partial charge < -0.3 is 13.9 Å². The molecule has 0 aliphatic heterocycles. The van der Waals surface area contributed by atoms with Gasteiger partial charge in [0.05, 0.1) is 13.2 Å². The molecule has 0 N–H and O–H groups in total. The number of unbranched alkanes of at least 4 members (excludes halogenated alkanes) is 1. The molecule has 0 spiro atoms. The fourth-order valence-electron chi connectivity index (χ4n) is 3.17. The van der Waals surface area contributed by atoms with Gasteiger partial charge in [0.15, 0.2) is 0 Å². The number of hydrogen-bond acceptors (Lipinski definition) is 6. The molecule has 0 heterocycles. The van der Waals surface area contributed by atoms with E-state index in [1.54, 1.807) is 0 Å². The fraction of sp³-hybridized carbons (Fsp3) is 0.762. The van der Waals surface area contributed by atoms with Gasteiger partial charge in [-0.25, -0.2) is 9.59 Å². The Morgan fingerprint density at radius 3 is 1.68 bits per heavy atom. The molecule has 6 nitrogen and oxygen atoms in total. The molecule has 162 valence electrons. The number of carbonyl (C=O) groups is 3. The van der Waals surface area contributed by atoms with Crippen LogP contribution in [0.15, 0.2) is 12.2 Å². The van der Waals surface area contributed by atoms with Gasteiger partial charge in [-0.1, -0.05) is 47.0 Å². The first-order valence-electron chi connectivity index (χ1n) is 10.7. The molecule has 0 unspecified atom stereocenters. The average molecular weight is 415 g/mol. The van der Waals surface area contributed by atoms with Crippen LogP contribution < -0.4 is 0 Å². The smallest absolute Gasteiger partial charge is 0.331 e. The largest absolute Gasteiger partial charge is 0.519 e. The second-order valence-electron chi connectivity index (χ2n) is 7.03. The maximum atomic E-state index is 12.3. The van der Waals surface area contributed by atoms with Crippen molar-refractivity contribution in [2.24, 2.45) is 0 Å². The molecule has 0 rings (SSSR count). The molecule has 0 atom stereocenters. The van der Waals surface area contributed by atoms with Crippen LogP contribution in [0, 0.1) is 0 Å². The molecule has 0 aromatic heterocycles. The van der Waals surface area contributed by atoms with Gasteiger partial charge >= 0.3 is 11.9 Å². The van der Waals surface area contributed by atoms with Crippen LogP contribution in [-0.4, -0.2) is 39.4 Å². The first-order valence-corrected chi connectivity index (χ1v) is 13.2. The Hall–Kier alpha value is -1.63. The highest BCUT2D eigenvalue weighted by Gasteiger charge is 2.35. The van der Waals surface area contributed by atoms with Crippen LogP contribution in [0.5, 0.6) is 0 Å². The molecule has 28 heavy (non-hydrogen) atoms. The van der Waals surface area contributed by atoms with E-state index < -0.39 is 20.3 Å². The van der Waals surface area contributed by atoms with Crippen molar-refractivity contribution in [2.75, 3.05) is 13.2 Å². The molecular weight excluding hydrogens is 376 g/mol. The number of rotatable bonds is 16. The zero-order chi connectivity index (χ0) is 21.3. The van der Waals surface area contributed by atoms with Crippen molar-refractivity contribution >= 4 is 26.2 Å². The molecule has 0 fully saturated rings. The number of carbonyl (C=O) groups excluding carboxylic acids is 3. The summed E-state index contributed by atoms with van der Waals surface area (Å²) in [6, 6.07) is 3.10. The summed E-state index contributed by atoms with van der Waals surface area (Å²) in [5.41, 5.74) is 0. The highest BCUT2D eigenvalue weighted by atomic mass is 28.4. The Bertz CT molecular complexity index is 472. The maximum absolute atomic E-state index is 12.3. The molecule has 0 bridgehead atoms. The van der Waals surface area contributed by atoms with E-state index in [9.17, 15) is 14.4 Å². The average Bonchev–Trinajstić information content (AvgIpc) is 2.65. The minimum Gasteiger partial charge on any atom is -0.519 e. The van der Waals surface area contributed by atoms with Crippen LogP contribution in [0.1, 0.15) is 72.6 Å². The second-order valence-corrected chi connectivity index (χ2v) is 11.1. The van der Waals surface area contributed by atoms with E-state index in [-0.39, 0.29) is 12.6 Å². The Morgan fingerprint density at radius 2 is 1.21 bits per heavy atom. The van der Waals surface area contributed by atoms with Gasteiger partial charge in [-0.15, -0.1) is 0 Å². The third kappa shape index (κ3) is 12.7. The Balaban J connectivity index is 4.15. The molecular formula is C21H38O6Si. The summed E-state index contributed by atoms with van der Waals surface area (Å²) in [5, 5.41) is 0. The van der Waals surface area contributed by atoms with Crippen LogP contribution in [0.2, 0.25) is 18.1 Å². The number of hydrogen-bond donors (Lipinski definition) is 0. The third-order valence-electron chi connectivity index (χ3n) is 4.27. The molecule has 0 aliphatic carbocycles. The summed E-state index contributed by atoms with van der Waals surface area (Å²) in [5.74, 6) is -1.26. The summed E-state index contributed by atoms with van der Waals surface area (Å²) < 4.78 is 15.9. The van der Waals surface area contributed by atoms with Gasteiger partial charge in [-0.3, -0.25) is 4.79 Å². The Labute approximate surface area is 171 Å². The second kappa shape index (κ2) is 16.3. The lowest BCUT2D eigenvalue weighted by Crippen LogP contribution is -2.40. The van der Waals surface area contributed by atoms with Crippen LogP contribution in [-0.2, 0) is 28.3 Å². The van der Waals surface area contributed by atoms with Gasteiger partial charge in [-0.2, -0.15) is 0 Å². The highest BCUT2D eigenvalue weighted by molar-refractivity contribution is 6.75. The normalized spacial score (nSPS) is 11.4. The van der Waals surface area contributed by atoms with E-state index >= 15 is 0 Å². The van der Waals surface area contributed by atoms with Crippen LogP contribution >= 0.6 is 0 Å². The monoisotopic (exact) mass is 414 g/mol. The molecule has 0 radical (unpaired) electrons. The lowest BCUT2D eigenvalue weighted by atomic mass is 10.2. The Morgan fingerprint density at radius 1 is 0.714 bits per heavy atom. The zero-order valence-corrected chi connectivity index (χ0v) is 19.1. The van der Waals surface area contributed by atoms with E-state index in [1.807, 2.05) is 6.92 Å². The summed E-state index contributed by atoms with van der Waals surface area (Å²) in [4.78, 5) is 35.1. The van der Waals surface area contributed by atoms with E-state index in [1.165, 1.54) is 0 Å². The number of ether oxygens (including phenoxy) is 2. The number of esters is 2. The minimum atomic E-state index is -1.96. The van der Waals surface area contributed by atoms with Crippen molar-refractivity contribution in [3.8, 4) is 0 Å². The van der Waals surface area contributed by atoms with Gasteiger partial charge in [0.2, 0.25) is 0 Å². The van der Waals surface area contributed by atoms with Crippen molar-refractivity contribution in [1.82, 2.24) is 0 Å². The molecule has 0 aromatic rings. The van der Waals surface area contributed by atoms with Crippen LogP contribution in [0.3, 0.4) is 0 Å². The molecule has 0 aliphatic rings. The van der Waals surface area contributed by atoms with Crippen molar-refractivity contribution in [2.45, 2.75) is 90.8 Å². The van der Waals surface area contributed by atoms with Crippen molar-refractivity contribution in [3.05, 3.63) is 12.2 Å². The van der Waals surface area contributed by atoms with Crippen molar-refractivity contribution in [3.63, 3.8) is 0 Å². The van der Waals surface area contributed by atoms with Gasteiger partial charge in [0, 0.05) is 18.6 Å². The molecule has 7 heteroatoms. The van der Waals surface area contributed by atoms with Crippen LogP contribution in [0.4, 0.5) is 0 Å². The zero-order valence-electron chi connectivity index (χ0n) is 18.1. The topological polar surface area (TPSA) is 78.9 Å². The summed E-state index contributed by atoms with van der Waals surface area (Å²) in [6.07, 6.45) is 7.55. The lowest BCUT2D eigenvalue weighted by Gasteiger charge is -2.30. The van der Waals surface area contributed by atoms with Crippen molar-refractivity contribution < 1.29 is 28.3 Å².